The SMILES string of the molecule is C=CC(N)(Cn1cc(OC(=O)CCC)c2ccccc21)C(=O)OCCCC. The van der Waals surface area contributed by atoms with Crippen LogP contribution in [-0.2, 0) is 20.9 Å². The van der Waals surface area contributed by atoms with Crippen LogP contribution in [-0.4, -0.2) is 28.7 Å². The van der Waals surface area contributed by atoms with Gasteiger partial charge in [0.15, 0.2) is 11.3 Å². The predicted molar refractivity (Wildman–Crippen MR) is 105 cm³/mol. The Kier molecular flexibility index (Phi) is 7.19. The number of ether oxygens (including phenoxy) is 2. The Morgan fingerprint density at radius 3 is 2.67 bits per heavy atom. The molecule has 1 heterocycles. The Morgan fingerprint density at radius 1 is 1.26 bits per heavy atom. The Balaban J connectivity index is 2.30. The number of nitrogens with two attached hydrogens (primary N) is 1. The van der Waals surface area contributed by atoms with Crippen LogP contribution < -0.4 is 10.5 Å². The molecule has 1 aromatic carbocycles. The molecule has 0 fully saturated rings. The van der Waals surface area contributed by atoms with Crippen LogP contribution in [0.3, 0.4) is 0 Å². The largest absolute Gasteiger partial charge is 0.464 e. The summed E-state index contributed by atoms with van der Waals surface area (Å²) in [5, 5.41) is 0.785. The third-order valence-corrected chi connectivity index (χ3v) is 4.34. The van der Waals surface area contributed by atoms with E-state index in [0.717, 1.165) is 23.7 Å². The van der Waals surface area contributed by atoms with E-state index in [0.29, 0.717) is 25.2 Å². The fourth-order valence-corrected chi connectivity index (χ4v) is 2.74. The standard InChI is InChI=1S/C21H28N2O4/c1-4-7-13-26-20(25)21(22,6-3)15-23-14-18(27-19(24)10-5-2)16-11-8-9-12-17(16)23/h6,8-9,11-12,14H,3-5,7,10,13,15,22H2,1-2H3. The molecule has 0 aliphatic carbocycles. The molecule has 0 saturated heterocycles. The van der Waals surface area contributed by atoms with Crippen molar-refractivity contribution in [3.63, 3.8) is 0 Å². The van der Waals surface area contributed by atoms with E-state index < -0.39 is 11.5 Å². The number of unbranched alkanes of at least 4 members (excludes halogenated alkanes) is 1. The molecule has 2 aromatic rings. The van der Waals surface area contributed by atoms with Crippen molar-refractivity contribution in [1.82, 2.24) is 4.57 Å². The average Bonchev–Trinajstić information content (AvgIpc) is 2.99. The van der Waals surface area contributed by atoms with Crippen molar-refractivity contribution in [1.29, 1.82) is 0 Å². The minimum atomic E-state index is -1.37. The second kappa shape index (κ2) is 9.37. The van der Waals surface area contributed by atoms with Gasteiger partial charge in [0.05, 0.1) is 18.7 Å². The molecule has 0 aliphatic heterocycles. The van der Waals surface area contributed by atoms with Crippen molar-refractivity contribution in [2.24, 2.45) is 5.73 Å². The molecule has 0 spiro atoms. The van der Waals surface area contributed by atoms with Crippen LogP contribution in [0.25, 0.3) is 10.9 Å². The molecule has 0 amide bonds. The number of hydrogen-bond donors (Lipinski definition) is 1. The van der Waals surface area contributed by atoms with Crippen molar-refractivity contribution >= 4 is 22.8 Å². The Labute approximate surface area is 159 Å². The molecule has 0 aliphatic rings. The lowest BCUT2D eigenvalue weighted by molar-refractivity contribution is -0.148. The lowest BCUT2D eigenvalue weighted by Gasteiger charge is -2.24. The maximum Gasteiger partial charge on any atom is 0.332 e. The number of carbonyl (C=O) groups excluding carboxylic acids is 2. The second-order valence-corrected chi connectivity index (χ2v) is 6.60. The Bertz CT molecular complexity index is 812. The monoisotopic (exact) mass is 372 g/mol. The highest BCUT2D eigenvalue weighted by Crippen LogP contribution is 2.29. The van der Waals surface area contributed by atoms with Gasteiger partial charge in [0.25, 0.3) is 0 Å². The molecule has 6 nitrogen and oxygen atoms in total. The molecule has 6 heteroatoms. The summed E-state index contributed by atoms with van der Waals surface area (Å²) < 4.78 is 12.6. The number of hydrogen-bond acceptors (Lipinski definition) is 5. The van der Waals surface area contributed by atoms with Crippen LogP contribution in [0.1, 0.15) is 39.5 Å². The molecule has 1 unspecified atom stereocenters. The van der Waals surface area contributed by atoms with E-state index in [4.69, 9.17) is 15.2 Å². The van der Waals surface area contributed by atoms with E-state index in [9.17, 15) is 9.59 Å². The molecule has 27 heavy (non-hydrogen) atoms. The third kappa shape index (κ3) is 4.98. The van der Waals surface area contributed by atoms with Gasteiger partial charge in [-0.25, -0.2) is 4.79 Å². The Morgan fingerprint density at radius 2 is 2.00 bits per heavy atom. The zero-order chi connectivity index (χ0) is 19.9. The molecule has 146 valence electrons. The second-order valence-electron chi connectivity index (χ2n) is 6.60. The van der Waals surface area contributed by atoms with Gasteiger partial charge in [-0.2, -0.15) is 0 Å². The van der Waals surface area contributed by atoms with Gasteiger partial charge in [0, 0.05) is 18.0 Å². The summed E-state index contributed by atoms with van der Waals surface area (Å²) in [5.41, 5.74) is 5.72. The maximum absolute atomic E-state index is 12.5. The maximum atomic E-state index is 12.5. The first-order valence-corrected chi connectivity index (χ1v) is 9.33. The van der Waals surface area contributed by atoms with Crippen LogP contribution in [0.2, 0.25) is 0 Å². The highest BCUT2D eigenvalue weighted by Gasteiger charge is 2.33. The number of nitrogens with zero attached hydrogens (tertiary/aromatic N) is 1. The highest BCUT2D eigenvalue weighted by atomic mass is 16.5. The van der Waals surface area contributed by atoms with Gasteiger partial charge >= 0.3 is 11.9 Å². The molecular formula is C21H28N2O4. The molecule has 2 N–H and O–H groups in total. The van der Waals surface area contributed by atoms with E-state index in [1.807, 2.05) is 38.1 Å². The van der Waals surface area contributed by atoms with Gasteiger partial charge < -0.3 is 19.8 Å². The number of benzene rings is 1. The lowest BCUT2D eigenvalue weighted by atomic mass is 10.0. The number of aromatic nitrogens is 1. The summed E-state index contributed by atoms with van der Waals surface area (Å²) in [6.07, 6.45) is 5.86. The van der Waals surface area contributed by atoms with E-state index in [-0.39, 0.29) is 12.5 Å². The summed E-state index contributed by atoms with van der Waals surface area (Å²) in [4.78, 5) is 24.4. The highest BCUT2D eigenvalue weighted by molar-refractivity contribution is 5.90. The third-order valence-electron chi connectivity index (χ3n) is 4.34. The van der Waals surface area contributed by atoms with Crippen molar-refractivity contribution in [3.05, 3.63) is 43.1 Å². The van der Waals surface area contributed by atoms with Crippen LogP contribution in [0.4, 0.5) is 0 Å². The van der Waals surface area contributed by atoms with Gasteiger partial charge in [0.1, 0.15) is 0 Å². The van der Waals surface area contributed by atoms with Crippen molar-refractivity contribution < 1.29 is 19.1 Å². The summed E-state index contributed by atoms with van der Waals surface area (Å²) in [6.45, 7) is 8.11. The summed E-state index contributed by atoms with van der Waals surface area (Å²) in [7, 11) is 0. The minimum Gasteiger partial charge on any atom is -0.464 e. The van der Waals surface area contributed by atoms with Crippen molar-refractivity contribution in [2.45, 2.75) is 51.6 Å². The quantitative estimate of drug-likeness (QED) is 0.391. The van der Waals surface area contributed by atoms with E-state index in [1.165, 1.54) is 6.08 Å². The number of para-hydroxylation sites is 1. The molecule has 1 aromatic heterocycles. The fourth-order valence-electron chi connectivity index (χ4n) is 2.74. The zero-order valence-electron chi connectivity index (χ0n) is 16.1. The first-order valence-electron chi connectivity index (χ1n) is 9.33. The summed E-state index contributed by atoms with van der Waals surface area (Å²) >= 11 is 0. The first kappa shape index (κ1) is 20.7. The predicted octanol–water partition coefficient (Wildman–Crippen LogP) is 3.57. The molecule has 0 saturated carbocycles. The van der Waals surface area contributed by atoms with Gasteiger partial charge in [0.2, 0.25) is 0 Å². The van der Waals surface area contributed by atoms with Crippen LogP contribution in [0.5, 0.6) is 5.75 Å². The van der Waals surface area contributed by atoms with Gasteiger partial charge in [-0.15, -0.1) is 6.58 Å². The van der Waals surface area contributed by atoms with E-state index in [1.54, 1.807) is 10.8 Å². The molecule has 0 bridgehead atoms. The van der Waals surface area contributed by atoms with Crippen LogP contribution in [0, 0.1) is 0 Å². The molecular weight excluding hydrogens is 344 g/mol. The number of rotatable bonds is 10. The molecule has 2 rings (SSSR count). The topological polar surface area (TPSA) is 83.5 Å². The number of carbonyl (C=O) groups is 2. The Hall–Kier alpha value is -2.60. The first-order chi connectivity index (χ1) is 12.9. The lowest BCUT2D eigenvalue weighted by Crippen LogP contribution is -2.50. The van der Waals surface area contributed by atoms with E-state index in [2.05, 4.69) is 6.58 Å². The normalized spacial score (nSPS) is 13.1. The summed E-state index contributed by atoms with van der Waals surface area (Å²) in [5.74, 6) is -0.356. The van der Waals surface area contributed by atoms with Gasteiger partial charge in [-0.3, -0.25) is 4.79 Å². The van der Waals surface area contributed by atoms with E-state index >= 15 is 0 Å². The fraction of sp³-hybridized carbons (Fsp3) is 0.429. The van der Waals surface area contributed by atoms with Crippen molar-refractivity contribution in [3.8, 4) is 5.75 Å². The average molecular weight is 372 g/mol. The van der Waals surface area contributed by atoms with Crippen LogP contribution in [0.15, 0.2) is 43.1 Å². The minimum absolute atomic E-state index is 0.132. The number of esters is 2. The summed E-state index contributed by atoms with van der Waals surface area (Å²) in [6, 6.07) is 7.50. The molecule has 0 radical (unpaired) electrons. The smallest absolute Gasteiger partial charge is 0.332 e. The van der Waals surface area contributed by atoms with Gasteiger partial charge in [-0.1, -0.05) is 38.5 Å². The number of fused-ring (bicyclic) bond motifs is 1. The van der Waals surface area contributed by atoms with Gasteiger partial charge in [-0.05, 0) is 25.0 Å². The molecule has 1 atom stereocenters. The van der Waals surface area contributed by atoms with Crippen LogP contribution >= 0.6 is 0 Å². The van der Waals surface area contributed by atoms with Crippen molar-refractivity contribution in [2.75, 3.05) is 6.61 Å². The zero-order valence-corrected chi connectivity index (χ0v) is 16.1.